The number of carbonyl (C=O) groups is 2. The van der Waals surface area contributed by atoms with Gasteiger partial charge < -0.3 is 30.7 Å². The number of amides is 2. The highest BCUT2D eigenvalue weighted by atomic mass is 16.5. The number of nitriles is 2. The first-order valence-corrected chi connectivity index (χ1v) is 12.8. The summed E-state index contributed by atoms with van der Waals surface area (Å²) in [5.74, 6) is -0.262. The number of hydrogen-bond acceptors (Lipinski definition) is 10. The largest absolute Gasteiger partial charge is 0.488 e. The molecule has 0 radical (unpaired) electrons. The molecule has 12 heteroatoms. The van der Waals surface area contributed by atoms with Crippen molar-refractivity contribution in [1.29, 1.82) is 10.5 Å². The molecule has 202 valence electrons. The topological polar surface area (TPSA) is 174 Å². The van der Waals surface area contributed by atoms with Gasteiger partial charge in [0, 0.05) is 30.5 Å². The average Bonchev–Trinajstić information content (AvgIpc) is 3.69. The van der Waals surface area contributed by atoms with Gasteiger partial charge in [-0.25, -0.2) is 9.97 Å². The van der Waals surface area contributed by atoms with Gasteiger partial charge in [0.05, 0.1) is 11.1 Å². The molecule has 40 heavy (non-hydrogen) atoms. The minimum absolute atomic E-state index is 0.00892. The fraction of sp³-hybridized carbons (Fsp3) is 0.286. The lowest BCUT2D eigenvalue weighted by molar-refractivity contribution is 0.102. The summed E-state index contributed by atoms with van der Waals surface area (Å²) in [6.07, 6.45) is 2.80. The molecule has 2 aliphatic heterocycles. The molecule has 1 aromatic heterocycles. The summed E-state index contributed by atoms with van der Waals surface area (Å²) in [4.78, 5) is 33.7. The number of nitrogens with zero attached hydrogens (tertiary/aromatic N) is 4. The van der Waals surface area contributed by atoms with Crippen molar-refractivity contribution in [2.75, 3.05) is 36.8 Å². The van der Waals surface area contributed by atoms with Gasteiger partial charge in [0.2, 0.25) is 0 Å². The van der Waals surface area contributed by atoms with E-state index in [1.165, 1.54) is 18.2 Å². The lowest BCUT2D eigenvalue weighted by atomic mass is 10.1. The van der Waals surface area contributed by atoms with E-state index >= 15 is 0 Å². The third kappa shape index (κ3) is 6.32. The third-order valence-electron chi connectivity index (χ3n) is 6.47. The lowest BCUT2D eigenvalue weighted by Crippen LogP contribution is -2.20. The van der Waals surface area contributed by atoms with Gasteiger partial charge in [-0.3, -0.25) is 9.59 Å². The van der Waals surface area contributed by atoms with Crippen LogP contribution >= 0.6 is 0 Å². The second-order valence-corrected chi connectivity index (χ2v) is 9.31. The maximum absolute atomic E-state index is 12.9. The standard InChI is InChI=1S/C28H26N8O4/c29-12-17-9-19(1-3-25(17)39-21-5-7-31-14-21)35-27(37)23-11-24(34-16-33-23)28(38)36-20-2-4-26(18(10-20)13-30)40-22-6-8-32-15-22/h1-4,9-11,16,21-22,31-32H,5-8,14-15H2,(H,35,37)(H,36,38)/t21-,22-/m1/s1. The lowest BCUT2D eigenvalue weighted by Gasteiger charge is -2.15. The number of rotatable bonds is 8. The van der Waals surface area contributed by atoms with Crippen molar-refractivity contribution in [3.63, 3.8) is 0 Å². The zero-order valence-corrected chi connectivity index (χ0v) is 21.4. The number of aromatic nitrogens is 2. The minimum atomic E-state index is -0.580. The van der Waals surface area contributed by atoms with E-state index in [4.69, 9.17) is 9.47 Å². The zero-order chi connectivity index (χ0) is 27.9. The Morgan fingerprint density at radius 1 is 0.775 bits per heavy atom. The normalized spacial score (nSPS) is 17.9. The molecule has 0 unspecified atom stereocenters. The second kappa shape index (κ2) is 12.2. The van der Waals surface area contributed by atoms with Crippen LogP contribution in [-0.4, -0.2) is 60.2 Å². The van der Waals surface area contributed by atoms with Gasteiger partial charge in [0.25, 0.3) is 11.8 Å². The van der Waals surface area contributed by atoms with Crippen LogP contribution in [0, 0.1) is 22.7 Å². The maximum atomic E-state index is 12.9. The monoisotopic (exact) mass is 538 g/mol. The van der Waals surface area contributed by atoms with Crippen LogP contribution in [0.5, 0.6) is 11.5 Å². The summed E-state index contributed by atoms with van der Waals surface area (Å²) in [7, 11) is 0. The summed E-state index contributed by atoms with van der Waals surface area (Å²) >= 11 is 0. The van der Waals surface area contributed by atoms with E-state index in [9.17, 15) is 20.1 Å². The third-order valence-corrected chi connectivity index (χ3v) is 6.47. The van der Waals surface area contributed by atoms with Crippen LogP contribution in [0.4, 0.5) is 11.4 Å². The number of carbonyl (C=O) groups excluding carboxylic acids is 2. The van der Waals surface area contributed by atoms with Crippen molar-refractivity contribution in [3.8, 4) is 23.6 Å². The minimum Gasteiger partial charge on any atom is -0.488 e. The van der Waals surface area contributed by atoms with E-state index in [2.05, 4.69) is 43.4 Å². The van der Waals surface area contributed by atoms with Gasteiger partial charge in [-0.05, 0) is 62.3 Å². The Balaban J connectivity index is 1.24. The molecule has 3 aromatic rings. The summed E-state index contributed by atoms with van der Waals surface area (Å²) in [6.45, 7) is 3.15. The van der Waals surface area contributed by atoms with Gasteiger partial charge in [0.1, 0.15) is 53.6 Å². The Morgan fingerprint density at radius 3 is 1.65 bits per heavy atom. The van der Waals surface area contributed by atoms with Crippen LogP contribution in [0.2, 0.25) is 0 Å². The Morgan fingerprint density at radius 2 is 1.25 bits per heavy atom. The number of anilines is 2. The highest BCUT2D eigenvalue weighted by Gasteiger charge is 2.20. The van der Waals surface area contributed by atoms with Gasteiger partial charge in [-0.1, -0.05) is 0 Å². The van der Waals surface area contributed by atoms with Gasteiger partial charge >= 0.3 is 0 Å². The van der Waals surface area contributed by atoms with Crippen LogP contribution in [0.3, 0.4) is 0 Å². The number of ether oxygens (including phenoxy) is 2. The molecule has 0 bridgehead atoms. The Labute approximate surface area is 230 Å². The fourth-order valence-corrected chi connectivity index (χ4v) is 4.41. The summed E-state index contributed by atoms with van der Waals surface area (Å²) in [5, 5.41) is 30.9. The molecule has 0 aliphatic carbocycles. The second-order valence-electron chi connectivity index (χ2n) is 9.31. The first-order chi connectivity index (χ1) is 19.5. The smallest absolute Gasteiger partial charge is 0.274 e. The molecule has 0 saturated carbocycles. The van der Waals surface area contributed by atoms with Gasteiger partial charge in [-0.2, -0.15) is 10.5 Å². The Kier molecular flexibility index (Phi) is 8.11. The van der Waals surface area contributed by atoms with E-state index in [0.29, 0.717) is 47.1 Å². The van der Waals surface area contributed by atoms with Crippen LogP contribution in [0.25, 0.3) is 0 Å². The van der Waals surface area contributed by atoms with Crippen molar-refractivity contribution < 1.29 is 19.1 Å². The molecule has 2 aliphatic rings. The van der Waals surface area contributed by atoms with Gasteiger partial charge in [-0.15, -0.1) is 0 Å². The average molecular weight is 539 g/mol. The molecule has 4 N–H and O–H groups in total. The SMILES string of the molecule is N#Cc1cc(NC(=O)c2cc(C(=O)Nc3ccc(O[C@@H]4CCNC4)c(C#N)c3)ncn2)ccc1O[C@@H]1CCNC1. The molecule has 0 spiro atoms. The molecular formula is C28H26N8O4. The Hall–Kier alpha value is -5.04. The highest BCUT2D eigenvalue weighted by molar-refractivity contribution is 6.07. The van der Waals surface area contributed by atoms with Crippen molar-refractivity contribution in [2.45, 2.75) is 25.0 Å². The predicted octanol–water partition coefficient (Wildman–Crippen LogP) is 2.21. The summed E-state index contributed by atoms with van der Waals surface area (Å²) in [6, 6.07) is 15.0. The van der Waals surface area contributed by atoms with E-state index in [-0.39, 0.29) is 23.6 Å². The summed E-state index contributed by atoms with van der Waals surface area (Å²) in [5.41, 5.74) is 1.26. The zero-order valence-electron chi connectivity index (χ0n) is 21.4. The van der Waals surface area contributed by atoms with Crippen LogP contribution in [-0.2, 0) is 0 Å². The molecule has 2 amide bonds. The number of hydrogen-bond donors (Lipinski definition) is 4. The maximum Gasteiger partial charge on any atom is 0.274 e. The molecular weight excluding hydrogens is 512 g/mol. The Bertz CT molecular complexity index is 1390. The number of nitrogens with one attached hydrogen (secondary N) is 4. The summed E-state index contributed by atoms with van der Waals surface area (Å²) < 4.78 is 11.8. The predicted molar refractivity (Wildman–Crippen MR) is 144 cm³/mol. The van der Waals surface area contributed by atoms with Crippen LogP contribution in [0.1, 0.15) is 44.9 Å². The van der Waals surface area contributed by atoms with Crippen molar-refractivity contribution in [2.24, 2.45) is 0 Å². The van der Waals surface area contributed by atoms with E-state index in [1.807, 2.05) is 0 Å². The molecule has 5 rings (SSSR count). The molecule has 2 fully saturated rings. The number of benzene rings is 2. The molecule has 2 saturated heterocycles. The highest BCUT2D eigenvalue weighted by Crippen LogP contribution is 2.26. The van der Waals surface area contributed by atoms with Crippen molar-refractivity contribution in [1.82, 2.24) is 20.6 Å². The molecule has 2 atom stereocenters. The van der Waals surface area contributed by atoms with Crippen LogP contribution < -0.4 is 30.7 Å². The van der Waals surface area contributed by atoms with E-state index < -0.39 is 11.8 Å². The van der Waals surface area contributed by atoms with Crippen molar-refractivity contribution >= 4 is 23.2 Å². The molecule has 2 aromatic carbocycles. The quantitative estimate of drug-likeness (QED) is 0.333. The molecule has 12 nitrogen and oxygen atoms in total. The first kappa shape index (κ1) is 26.6. The van der Waals surface area contributed by atoms with Crippen LogP contribution in [0.15, 0.2) is 48.8 Å². The van der Waals surface area contributed by atoms with Crippen molar-refractivity contribution in [3.05, 3.63) is 71.3 Å². The van der Waals surface area contributed by atoms with Gasteiger partial charge in [0.15, 0.2) is 0 Å². The van der Waals surface area contributed by atoms with E-state index in [1.54, 1.807) is 24.3 Å². The first-order valence-electron chi connectivity index (χ1n) is 12.8. The fourth-order valence-electron chi connectivity index (χ4n) is 4.41. The van der Waals surface area contributed by atoms with E-state index in [0.717, 1.165) is 32.3 Å². The molecule has 3 heterocycles.